The summed E-state index contributed by atoms with van der Waals surface area (Å²) < 4.78 is 2.08. The third kappa shape index (κ3) is 4.02. The first kappa shape index (κ1) is 19.3. The molecular weight excluding hydrogens is 382 g/mol. The van der Waals surface area contributed by atoms with E-state index in [-0.39, 0.29) is 11.9 Å². The molecule has 1 unspecified atom stereocenters. The molecular formula is C27H25N3O. The lowest BCUT2D eigenvalue weighted by Crippen LogP contribution is -2.31. The molecule has 0 radical (unpaired) electrons. The molecule has 0 saturated carbocycles. The maximum absolute atomic E-state index is 13.3. The number of hydrogen-bond acceptors (Lipinski definition) is 2. The van der Waals surface area contributed by atoms with Crippen molar-refractivity contribution in [1.29, 1.82) is 0 Å². The van der Waals surface area contributed by atoms with Crippen LogP contribution in [0.1, 0.15) is 46.1 Å². The Labute approximate surface area is 182 Å². The second kappa shape index (κ2) is 8.60. The van der Waals surface area contributed by atoms with Gasteiger partial charge in [-0.15, -0.1) is 0 Å². The van der Waals surface area contributed by atoms with Crippen LogP contribution in [-0.2, 0) is 13.0 Å². The van der Waals surface area contributed by atoms with Gasteiger partial charge in [-0.2, -0.15) is 5.10 Å². The molecule has 1 heterocycles. The number of rotatable bonds is 5. The van der Waals surface area contributed by atoms with Crippen molar-refractivity contribution < 1.29 is 4.79 Å². The molecule has 1 atom stereocenters. The van der Waals surface area contributed by atoms with Crippen molar-refractivity contribution in [3.63, 3.8) is 0 Å². The summed E-state index contributed by atoms with van der Waals surface area (Å²) in [5.41, 5.74) is 6.32. The molecule has 154 valence electrons. The largest absolute Gasteiger partial charge is 0.345 e. The van der Waals surface area contributed by atoms with Gasteiger partial charge in [-0.1, -0.05) is 78.9 Å². The zero-order chi connectivity index (χ0) is 21.0. The van der Waals surface area contributed by atoms with Crippen LogP contribution in [0.5, 0.6) is 0 Å². The number of amides is 1. The Morgan fingerprint density at radius 1 is 0.935 bits per heavy atom. The molecule has 0 fully saturated rings. The summed E-state index contributed by atoms with van der Waals surface area (Å²) in [5, 5.41) is 7.94. The predicted molar refractivity (Wildman–Crippen MR) is 123 cm³/mol. The molecule has 1 aromatic heterocycles. The topological polar surface area (TPSA) is 46.9 Å². The molecule has 1 aliphatic rings. The molecule has 31 heavy (non-hydrogen) atoms. The van der Waals surface area contributed by atoms with Gasteiger partial charge >= 0.3 is 0 Å². The fourth-order valence-corrected chi connectivity index (χ4v) is 4.45. The molecule has 1 aliphatic carbocycles. The zero-order valence-corrected chi connectivity index (χ0v) is 17.4. The molecule has 4 nitrogen and oxygen atoms in total. The van der Waals surface area contributed by atoms with Crippen LogP contribution >= 0.6 is 0 Å². The third-order valence-electron chi connectivity index (χ3n) is 6.00. The maximum atomic E-state index is 13.3. The molecule has 0 saturated heterocycles. The first-order valence-corrected chi connectivity index (χ1v) is 10.8. The van der Waals surface area contributed by atoms with E-state index in [2.05, 4.69) is 39.4 Å². The summed E-state index contributed by atoms with van der Waals surface area (Å²) >= 11 is 0. The number of nitrogens with one attached hydrogen (secondary N) is 1. The van der Waals surface area contributed by atoms with Crippen molar-refractivity contribution in [3.8, 4) is 11.1 Å². The minimum absolute atomic E-state index is 0.00963. The highest BCUT2D eigenvalue weighted by Gasteiger charge is 2.26. The summed E-state index contributed by atoms with van der Waals surface area (Å²) in [4.78, 5) is 13.3. The summed E-state index contributed by atoms with van der Waals surface area (Å²) in [5.74, 6) is -0.0342. The van der Waals surface area contributed by atoms with E-state index in [1.165, 1.54) is 11.3 Å². The van der Waals surface area contributed by atoms with Crippen molar-refractivity contribution in [3.05, 3.63) is 114 Å². The Kier molecular flexibility index (Phi) is 5.36. The van der Waals surface area contributed by atoms with Gasteiger partial charge in [-0.05, 0) is 42.0 Å². The lowest BCUT2D eigenvalue weighted by atomic mass is 9.92. The average molecular weight is 408 g/mol. The van der Waals surface area contributed by atoms with E-state index in [9.17, 15) is 4.79 Å². The SMILES string of the molecule is O=C(NC1CCCc2c1cnn2Cc1ccccc1)c1ccccc1-c1ccccc1. The van der Waals surface area contributed by atoms with Gasteiger partial charge < -0.3 is 5.32 Å². The summed E-state index contributed by atoms with van der Waals surface area (Å²) in [6.45, 7) is 0.758. The van der Waals surface area contributed by atoms with Gasteiger partial charge in [0.2, 0.25) is 0 Å². The molecule has 4 aromatic rings. The van der Waals surface area contributed by atoms with Crippen LogP contribution in [0.2, 0.25) is 0 Å². The van der Waals surface area contributed by atoms with Crippen molar-refractivity contribution in [2.75, 3.05) is 0 Å². The lowest BCUT2D eigenvalue weighted by molar-refractivity contribution is 0.0933. The molecule has 3 aromatic carbocycles. The van der Waals surface area contributed by atoms with Crippen molar-refractivity contribution in [2.24, 2.45) is 0 Å². The number of hydrogen-bond donors (Lipinski definition) is 1. The highest BCUT2D eigenvalue weighted by Crippen LogP contribution is 2.31. The van der Waals surface area contributed by atoms with Crippen LogP contribution in [0.25, 0.3) is 11.1 Å². The first-order valence-electron chi connectivity index (χ1n) is 10.8. The van der Waals surface area contributed by atoms with E-state index in [0.29, 0.717) is 5.56 Å². The molecule has 4 heteroatoms. The number of benzene rings is 3. The Morgan fingerprint density at radius 2 is 1.65 bits per heavy atom. The second-order valence-electron chi connectivity index (χ2n) is 8.02. The molecule has 0 spiro atoms. The highest BCUT2D eigenvalue weighted by atomic mass is 16.1. The molecule has 1 amide bonds. The van der Waals surface area contributed by atoms with E-state index >= 15 is 0 Å². The molecule has 0 bridgehead atoms. The average Bonchev–Trinajstić information content (AvgIpc) is 3.24. The molecule has 1 N–H and O–H groups in total. The Bertz CT molecular complexity index is 1180. The number of nitrogens with zero attached hydrogens (tertiary/aromatic N) is 2. The number of carbonyl (C=O) groups excluding carboxylic acids is 1. The Morgan fingerprint density at radius 3 is 2.45 bits per heavy atom. The van der Waals surface area contributed by atoms with E-state index in [1.807, 2.05) is 66.9 Å². The Hall–Kier alpha value is -3.66. The van der Waals surface area contributed by atoms with Gasteiger partial charge in [0.25, 0.3) is 5.91 Å². The third-order valence-corrected chi connectivity index (χ3v) is 6.00. The minimum Gasteiger partial charge on any atom is -0.345 e. The van der Waals surface area contributed by atoms with Gasteiger partial charge in [-0.25, -0.2) is 0 Å². The lowest BCUT2D eigenvalue weighted by Gasteiger charge is -2.25. The number of fused-ring (bicyclic) bond motifs is 1. The van der Waals surface area contributed by atoms with Crippen LogP contribution < -0.4 is 5.32 Å². The van der Waals surface area contributed by atoms with Gasteiger partial charge in [-0.3, -0.25) is 9.48 Å². The van der Waals surface area contributed by atoms with Crippen LogP contribution in [0.15, 0.2) is 91.1 Å². The minimum atomic E-state index is -0.0342. The highest BCUT2D eigenvalue weighted by molar-refractivity contribution is 6.01. The van der Waals surface area contributed by atoms with Crippen LogP contribution in [-0.4, -0.2) is 15.7 Å². The second-order valence-corrected chi connectivity index (χ2v) is 8.02. The van der Waals surface area contributed by atoms with Crippen LogP contribution in [0, 0.1) is 0 Å². The van der Waals surface area contributed by atoms with Gasteiger partial charge in [0.1, 0.15) is 0 Å². The van der Waals surface area contributed by atoms with E-state index in [1.54, 1.807) is 0 Å². The van der Waals surface area contributed by atoms with Crippen molar-refractivity contribution in [1.82, 2.24) is 15.1 Å². The van der Waals surface area contributed by atoms with Crippen molar-refractivity contribution >= 4 is 5.91 Å². The molecule has 0 aliphatic heterocycles. The standard InChI is InChI=1S/C27H25N3O/c31-27(23-15-8-7-14-22(23)21-12-5-2-6-13-21)29-25-16-9-17-26-24(25)18-28-30(26)19-20-10-3-1-4-11-20/h1-8,10-15,18,25H,9,16-17,19H2,(H,29,31). The fraction of sp³-hybridized carbons (Fsp3) is 0.185. The van der Waals surface area contributed by atoms with Gasteiger partial charge in [0.15, 0.2) is 0 Å². The normalized spacial score (nSPS) is 15.3. The predicted octanol–water partition coefficient (Wildman–Crippen LogP) is 5.41. The zero-order valence-electron chi connectivity index (χ0n) is 17.4. The smallest absolute Gasteiger partial charge is 0.252 e. The van der Waals surface area contributed by atoms with E-state index in [4.69, 9.17) is 0 Å². The summed E-state index contributed by atoms with van der Waals surface area (Å²) in [6, 6.07) is 28.2. The first-order chi connectivity index (χ1) is 15.3. The number of carbonyl (C=O) groups is 1. The monoisotopic (exact) mass is 407 g/mol. The van der Waals surface area contributed by atoms with E-state index in [0.717, 1.165) is 42.5 Å². The molecule has 5 rings (SSSR count). The summed E-state index contributed by atoms with van der Waals surface area (Å²) in [7, 11) is 0. The summed E-state index contributed by atoms with van der Waals surface area (Å²) in [6.07, 6.45) is 4.91. The van der Waals surface area contributed by atoms with E-state index < -0.39 is 0 Å². The van der Waals surface area contributed by atoms with Crippen LogP contribution in [0.4, 0.5) is 0 Å². The Balaban J connectivity index is 1.39. The van der Waals surface area contributed by atoms with Gasteiger partial charge in [0, 0.05) is 16.8 Å². The maximum Gasteiger partial charge on any atom is 0.252 e. The fourth-order valence-electron chi connectivity index (χ4n) is 4.45. The number of aromatic nitrogens is 2. The van der Waals surface area contributed by atoms with Crippen LogP contribution in [0.3, 0.4) is 0 Å². The van der Waals surface area contributed by atoms with Gasteiger partial charge in [0.05, 0.1) is 18.8 Å². The van der Waals surface area contributed by atoms with Crippen molar-refractivity contribution in [2.45, 2.75) is 31.8 Å². The quantitative estimate of drug-likeness (QED) is 0.481.